The van der Waals surface area contributed by atoms with Crippen molar-refractivity contribution in [2.24, 2.45) is 0 Å². The van der Waals surface area contributed by atoms with Gasteiger partial charge in [-0.25, -0.2) is 0 Å². The van der Waals surface area contributed by atoms with E-state index < -0.39 is 23.5 Å². The minimum Gasteiger partial charge on any atom is -0.166 e. The zero-order valence-electron chi connectivity index (χ0n) is 13.4. The minimum atomic E-state index is -4.55. The molecule has 0 aliphatic heterocycles. The van der Waals surface area contributed by atoms with E-state index in [4.69, 9.17) is 0 Å². The fourth-order valence-electron chi connectivity index (χ4n) is 2.74. The van der Waals surface area contributed by atoms with Gasteiger partial charge in [-0.2, -0.15) is 26.3 Å². The second-order valence-corrected chi connectivity index (χ2v) is 5.93. The van der Waals surface area contributed by atoms with Gasteiger partial charge >= 0.3 is 12.4 Å². The van der Waals surface area contributed by atoms with E-state index in [1.165, 1.54) is 25.1 Å². The standard InChI is InChI=1S/C18H16F6/c1-10-4-5-15(17(19,20)21)14(6-10)8-13-9-16(18(22,23)24)12(3)7-11(13)2/h4-7,9H,8H2,1-3H3. The third kappa shape index (κ3) is 3.91. The highest BCUT2D eigenvalue weighted by molar-refractivity contribution is 5.44. The van der Waals surface area contributed by atoms with E-state index in [9.17, 15) is 26.3 Å². The molecule has 0 heterocycles. The Balaban J connectivity index is 2.55. The van der Waals surface area contributed by atoms with E-state index in [-0.39, 0.29) is 23.1 Å². The number of aryl methyl sites for hydroxylation is 3. The Morgan fingerprint density at radius 3 is 1.79 bits per heavy atom. The smallest absolute Gasteiger partial charge is 0.166 e. The molecule has 0 saturated heterocycles. The number of alkyl halides is 6. The van der Waals surface area contributed by atoms with Crippen LogP contribution in [0.25, 0.3) is 0 Å². The highest BCUT2D eigenvalue weighted by atomic mass is 19.4. The summed E-state index contributed by atoms with van der Waals surface area (Å²) in [4.78, 5) is 0. The lowest BCUT2D eigenvalue weighted by Gasteiger charge is -2.17. The predicted molar refractivity (Wildman–Crippen MR) is 79.9 cm³/mol. The van der Waals surface area contributed by atoms with Crippen LogP contribution in [0.3, 0.4) is 0 Å². The lowest BCUT2D eigenvalue weighted by Crippen LogP contribution is -2.12. The average molecular weight is 346 g/mol. The Morgan fingerprint density at radius 1 is 0.667 bits per heavy atom. The molecule has 2 rings (SSSR count). The summed E-state index contributed by atoms with van der Waals surface area (Å²) in [7, 11) is 0. The van der Waals surface area contributed by atoms with Gasteiger partial charge in [0.2, 0.25) is 0 Å². The Morgan fingerprint density at radius 2 is 1.25 bits per heavy atom. The first-order valence-electron chi connectivity index (χ1n) is 7.23. The summed E-state index contributed by atoms with van der Waals surface area (Å²) >= 11 is 0. The van der Waals surface area contributed by atoms with Gasteiger partial charge in [0.25, 0.3) is 0 Å². The van der Waals surface area contributed by atoms with Crippen molar-refractivity contribution in [3.8, 4) is 0 Å². The molecule has 0 amide bonds. The molecule has 6 heteroatoms. The van der Waals surface area contributed by atoms with Crippen LogP contribution in [-0.4, -0.2) is 0 Å². The number of halogens is 6. The van der Waals surface area contributed by atoms with Gasteiger partial charge in [0, 0.05) is 0 Å². The highest BCUT2D eigenvalue weighted by Crippen LogP contribution is 2.36. The van der Waals surface area contributed by atoms with Crippen molar-refractivity contribution < 1.29 is 26.3 Å². The number of benzene rings is 2. The summed E-state index contributed by atoms with van der Waals surface area (Å²) in [5.74, 6) is 0. The van der Waals surface area contributed by atoms with E-state index >= 15 is 0 Å². The molecular weight excluding hydrogens is 330 g/mol. The van der Waals surface area contributed by atoms with Gasteiger partial charge in [0.1, 0.15) is 0 Å². The summed E-state index contributed by atoms with van der Waals surface area (Å²) in [5.41, 5.74) is -0.199. The van der Waals surface area contributed by atoms with Crippen molar-refractivity contribution in [1.29, 1.82) is 0 Å². The van der Waals surface area contributed by atoms with Gasteiger partial charge < -0.3 is 0 Å². The van der Waals surface area contributed by atoms with Crippen LogP contribution in [0.2, 0.25) is 0 Å². The molecule has 0 unspecified atom stereocenters. The van der Waals surface area contributed by atoms with Crippen LogP contribution in [0.1, 0.15) is 38.9 Å². The third-order valence-electron chi connectivity index (χ3n) is 3.94. The van der Waals surface area contributed by atoms with E-state index in [0.717, 1.165) is 12.1 Å². The maximum Gasteiger partial charge on any atom is 0.416 e. The predicted octanol–water partition coefficient (Wildman–Crippen LogP) is 6.24. The average Bonchev–Trinajstić information content (AvgIpc) is 2.39. The minimum absolute atomic E-state index is 0.0254. The summed E-state index contributed by atoms with van der Waals surface area (Å²) in [5, 5.41) is 0. The van der Waals surface area contributed by atoms with Gasteiger partial charge in [-0.15, -0.1) is 0 Å². The molecule has 2 aromatic rings. The number of hydrogen-bond acceptors (Lipinski definition) is 0. The van der Waals surface area contributed by atoms with Crippen LogP contribution in [0.4, 0.5) is 26.3 Å². The van der Waals surface area contributed by atoms with Crippen molar-refractivity contribution in [3.63, 3.8) is 0 Å². The molecule has 0 saturated carbocycles. The second kappa shape index (κ2) is 6.15. The molecule has 0 aliphatic carbocycles. The summed E-state index contributed by atoms with van der Waals surface area (Å²) < 4.78 is 78.6. The van der Waals surface area contributed by atoms with Crippen LogP contribution in [0.15, 0.2) is 30.3 Å². The largest absolute Gasteiger partial charge is 0.416 e. The zero-order valence-corrected chi connectivity index (χ0v) is 13.4. The van der Waals surface area contributed by atoms with E-state index in [1.54, 1.807) is 13.8 Å². The second-order valence-electron chi connectivity index (χ2n) is 5.93. The molecule has 24 heavy (non-hydrogen) atoms. The van der Waals surface area contributed by atoms with E-state index in [0.29, 0.717) is 11.1 Å². The molecule has 0 nitrogen and oxygen atoms in total. The first-order valence-corrected chi connectivity index (χ1v) is 7.23. The van der Waals surface area contributed by atoms with E-state index in [1.807, 2.05) is 0 Å². The molecule has 2 aromatic carbocycles. The monoisotopic (exact) mass is 346 g/mol. The molecule has 0 N–H and O–H groups in total. The lowest BCUT2D eigenvalue weighted by molar-refractivity contribution is -0.139. The van der Waals surface area contributed by atoms with Gasteiger partial charge in [-0.1, -0.05) is 23.8 Å². The molecule has 0 spiro atoms. The Bertz CT molecular complexity index is 753. The van der Waals surface area contributed by atoms with E-state index in [2.05, 4.69) is 0 Å². The van der Waals surface area contributed by atoms with Crippen LogP contribution >= 0.6 is 0 Å². The van der Waals surface area contributed by atoms with Crippen LogP contribution < -0.4 is 0 Å². The number of rotatable bonds is 2. The molecule has 0 aliphatic rings. The van der Waals surface area contributed by atoms with Crippen molar-refractivity contribution in [3.05, 3.63) is 69.3 Å². The Labute approximate surface area is 136 Å². The van der Waals surface area contributed by atoms with Gasteiger partial charge in [0.05, 0.1) is 11.1 Å². The molecule has 0 bridgehead atoms. The number of hydrogen-bond donors (Lipinski definition) is 0. The molecule has 0 radical (unpaired) electrons. The first kappa shape index (κ1) is 18.4. The molecule has 130 valence electrons. The van der Waals surface area contributed by atoms with Crippen LogP contribution in [0, 0.1) is 20.8 Å². The quantitative estimate of drug-likeness (QED) is 0.565. The maximum atomic E-state index is 13.1. The topological polar surface area (TPSA) is 0 Å². The summed E-state index contributed by atoms with van der Waals surface area (Å²) in [6.07, 6.45) is -9.29. The van der Waals surface area contributed by atoms with Crippen LogP contribution in [-0.2, 0) is 18.8 Å². The Kier molecular flexibility index (Phi) is 4.70. The van der Waals surface area contributed by atoms with Gasteiger partial charge in [-0.3, -0.25) is 0 Å². The maximum absolute atomic E-state index is 13.1. The fraction of sp³-hybridized carbons (Fsp3) is 0.333. The first-order chi connectivity index (χ1) is 10.9. The molecule has 0 aromatic heterocycles. The molecule has 0 fully saturated rings. The molecular formula is C18H16F6. The zero-order chi connectivity index (χ0) is 18.3. The Hall–Kier alpha value is -1.98. The van der Waals surface area contributed by atoms with Gasteiger partial charge in [-0.05, 0) is 61.6 Å². The van der Waals surface area contributed by atoms with Crippen LogP contribution in [0.5, 0.6) is 0 Å². The van der Waals surface area contributed by atoms with Crippen molar-refractivity contribution in [1.82, 2.24) is 0 Å². The highest BCUT2D eigenvalue weighted by Gasteiger charge is 2.35. The summed E-state index contributed by atoms with van der Waals surface area (Å²) in [6, 6.07) is 6.00. The SMILES string of the molecule is Cc1ccc(C(F)(F)F)c(Cc2cc(C(F)(F)F)c(C)cc2C)c1. The van der Waals surface area contributed by atoms with Gasteiger partial charge in [0.15, 0.2) is 0 Å². The van der Waals surface area contributed by atoms with Crippen molar-refractivity contribution >= 4 is 0 Å². The van der Waals surface area contributed by atoms with Crippen molar-refractivity contribution in [2.75, 3.05) is 0 Å². The third-order valence-corrected chi connectivity index (χ3v) is 3.94. The normalized spacial score (nSPS) is 12.5. The lowest BCUT2D eigenvalue weighted by atomic mass is 9.92. The van der Waals surface area contributed by atoms with Crippen molar-refractivity contribution in [2.45, 2.75) is 39.5 Å². The summed E-state index contributed by atoms with van der Waals surface area (Å²) in [6.45, 7) is 4.59. The molecule has 0 atom stereocenters. The fourth-order valence-corrected chi connectivity index (χ4v) is 2.74.